The van der Waals surface area contributed by atoms with Crippen molar-refractivity contribution in [1.29, 1.82) is 0 Å². The van der Waals surface area contributed by atoms with E-state index in [0.29, 0.717) is 56.3 Å². The highest BCUT2D eigenvalue weighted by atomic mass is 79.9. The van der Waals surface area contributed by atoms with Crippen LogP contribution in [0.5, 0.6) is 0 Å². The molecular formula is C27H22BrF3N4O3S. The van der Waals surface area contributed by atoms with Crippen LogP contribution < -0.4 is 5.32 Å². The topological polar surface area (TPSA) is 97.2 Å². The number of fused-ring (bicyclic) bond motifs is 1. The Balaban J connectivity index is 1.47. The molecule has 1 aliphatic carbocycles. The van der Waals surface area contributed by atoms with Crippen LogP contribution in [-0.4, -0.2) is 33.1 Å². The van der Waals surface area contributed by atoms with E-state index in [4.69, 9.17) is 4.74 Å². The number of thiazole rings is 1. The molecular weight excluding hydrogens is 597 g/mol. The lowest BCUT2D eigenvalue weighted by molar-refractivity contribution is -0.137. The fourth-order valence-corrected chi connectivity index (χ4v) is 6.36. The standard InChI is InChI=1S/C27H22BrF3N4O3S/c1-14-10-19(34-22(11-14)35-21-12-15(7-9-32-21)27(29,30)31)20-13-33-25(39-20)26(37)8-3-4-16-18(26)6-5-17(23(16)28)24(36)38-2/h5-7,9-13,37H,3-4,8H2,1-2H3,(H,32,34,35)/t26-/m1/s1. The molecule has 7 nitrogen and oxygen atoms in total. The highest BCUT2D eigenvalue weighted by molar-refractivity contribution is 9.10. The van der Waals surface area contributed by atoms with Gasteiger partial charge < -0.3 is 15.2 Å². The van der Waals surface area contributed by atoms with Gasteiger partial charge in [-0.3, -0.25) is 0 Å². The maximum absolute atomic E-state index is 13.1. The molecule has 12 heteroatoms. The number of carbonyl (C=O) groups excluding carboxylic acids is 1. The molecule has 0 saturated carbocycles. The van der Waals surface area contributed by atoms with Gasteiger partial charge in [-0.05, 0) is 89.1 Å². The quantitative estimate of drug-likeness (QED) is 0.238. The van der Waals surface area contributed by atoms with Crippen LogP contribution in [0.3, 0.4) is 0 Å². The molecule has 0 saturated heterocycles. The Labute approximate surface area is 234 Å². The first-order valence-electron chi connectivity index (χ1n) is 11.9. The van der Waals surface area contributed by atoms with Crippen molar-refractivity contribution < 1.29 is 27.8 Å². The lowest BCUT2D eigenvalue weighted by atomic mass is 9.79. The number of alkyl halides is 3. The van der Waals surface area contributed by atoms with E-state index < -0.39 is 23.3 Å². The average Bonchev–Trinajstić information content (AvgIpc) is 3.40. The summed E-state index contributed by atoms with van der Waals surface area (Å²) < 4.78 is 44.8. The third kappa shape index (κ3) is 5.28. The van der Waals surface area contributed by atoms with Gasteiger partial charge in [-0.1, -0.05) is 6.07 Å². The highest BCUT2D eigenvalue weighted by Gasteiger charge is 2.40. The maximum atomic E-state index is 13.1. The van der Waals surface area contributed by atoms with Gasteiger partial charge in [-0.2, -0.15) is 13.2 Å². The summed E-state index contributed by atoms with van der Waals surface area (Å²) in [5, 5.41) is 15.2. The first kappa shape index (κ1) is 27.2. The van der Waals surface area contributed by atoms with Crippen molar-refractivity contribution in [1.82, 2.24) is 15.0 Å². The Morgan fingerprint density at radius 2 is 1.97 bits per heavy atom. The van der Waals surface area contributed by atoms with Crippen LogP contribution in [0.2, 0.25) is 0 Å². The van der Waals surface area contributed by atoms with Gasteiger partial charge in [0, 0.05) is 16.9 Å². The summed E-state index contributed by atoms with van der Waals surface area (Å²) in [4.78, 5) is 25.9. The van der Waals surface area contributed by atoms with Crippen LogP contribution in [0, 0.1) is 6.92 Å². The number of nitrogens with zero attached hydrogens (tertiary/aromatic N) is 3. The Kier molecular flexibility index (Phi) is 7.21. The summed E-state index contributed by atoms with van der Waals surface area (Å²) in [5.74, 6) is -0.123. The van der Waals surface area contributed by atoms with Crippen molar-refractivity contribution in [2.45, 2.75) is 38.0 Å². The first-order valence-corrected chi connectivity index (χ1v) is 13.5. The highest BCUT2D eigenvalue weighted by Crippen LogP contribution is 2.46. The van der Waals surface area contributed by atoms with Gasteiger partial charge in [-0.25, -0.2) is 19.7 Å². The molecule has 2 N–H and O–H groups in total. The lowest BCUT2D eigenvalue weighted by Crippen LogP contribution is -2.32. The average molecular weight is 619 g/mol. The van der Waals surface area contributed by atoms with Gasteiger partial charge in [0.2, 0.25) is 0 Å². The number of carbonyl (C=O) groups is 1. The van der Waals surface area contributed by atoms with Crippen molar-refractivity contribution >= 4 is 44.9 Å². The zero-order valence-electron chi connectivity index (χ0n) is 20.8. The van der Waals surface area contributed by atoms with E-state index in [1.54, 1.807) is 24.4 Å². The van der Waals surface area contributed by atoms with E-state index in [1.807, 2.05) is 13.0 Å². The molecule has 0 bridgehead atoms. The van der Waals surface area contributed by atoms with Gasteiger partial charge >= 0.3 is 12.1 Å². The van der Waals surface area contributed by atoms with Gasteiger partial charge in [0.05, 0.1) is 28.8 Å². The number of aromatic nitrogens is 3. The minimum atomic E-state index is -4.49. The van der Waals surface area contributed by atoms with Crippen LogP contribution in [0.4, 0.5) is 24.8 Å². The number of benzene rings is 1. The second kappa shape index (κ2) is 10.3. The van der Waals surface area contributed by atoms with E-state index in [2.05, 4.69) is 36.2 Å². The lowest BCUT2D eigenvalue weighted by Gasteiger charge is -2.33. The van der Waals surface area contributed by atoms with E-state index in [1.165, 1.54) is 18.4 Å². The van der Waals surface area contributed by atoms with E-state index in [9.17, 15) is 23.1 Å². The monoisotopic (exact) mass is 618 g/mol. The molecule has 0 spiro atoms. The zero-order valence-corrected chi connectivity index (χ0v) is 23.2. The summed E-state index contributed by atoms with van der Waals surface area (Å²) in [6.07, 6.45) is 0.0384. The van der Waals surface area contributed by atoms with Crippen LogP contribution in [0.25, 0.3) is 10.6 Å². The predicted octanol–water partition coefficient (Wildman–Crippen LogP) is 6.79. The Morgan fingerprint density at radius 1 is 1.18 bits per heavy atom. The molecule has 1 aromatic carbocycles. The maximum Gasteiger partial charge on any atom is 0.416 e. The number of halogens is 4. The number of aryl methyl sites for hydroxylation is 1. The number of methoxy groups -OCH3 is 1. The number of ether oxygens (including phenoxy) is 1. The number of esters is 1. The van der Waals surface area contributed by atoms with Crippen molar-refractivity contribution in [3.8, 4) is 10.6 Å². The predicted molar refractivity (Wildman–Crippen MR) is 144 cm³/mol. The molecule has 0 aliphatic heterocycles. The summed E-state index contributed by atoms with van der Waals surface area (Å²) in [5.41, 5.74) is 1.09. The van der Waals surface area contributed by atoms with Gasteiger partial charge in [0.1, 0.15) is 22.2 Å². The second-order valence-corrected chi connectivity index (χ2v) is 11.0. The van der Waals surface area contributed by atoms with Crippen LogP contribution >= 0.6 is 27.3 Å². The minimum absolute atomic E-state index is 0.0175. The molecule has 3 heterocycles. The second-order valence-electron chi connectivity index (χ2n) is 9.16. The van der Waals surface area contributed by atoms with Crippen LogP contribution in [-0.2, 0) is 22.9 Å². The molecule has 0 unspecified atom stereocenters. The van der Waals surface area contributed by atoms with E-state index >= 15 is 0 Å². The summed E-state index contributed by atoms with van der Waals surface area (Å²) in [7, 11) is 1.32. The normalized spacial score (nSPS) is 17.0. The van der Waals surface area contributed by atoms with Crippen molar-refractivity contribution in [2.24, 2.45) is 0 Å². The number of pyridine rings is 2. The fourth-order valence-electron chi connectivity index (χ4n) is 4.65. The van der Waals surface area contributed by atoms with E-state index in [-0.39, 0.29) is 5.82 Å². The molecule has 39 heavy (non-hydrogen) atoms. The van der Waals surface area contributed by atoms with Gasteiger partial charge in [0.15, 0.2) is 0 Å². The summed E-state index contributed by atoms with van der Waals surface area (Å²) in [6.45, 7) is 1.85. The summed E-state index contributed by atoms with van der Waals surface area (Å²) >= 11 is 4.80. The number of nitrogens with one attached hydrogen (secondary N) is 1. The third-order valence-corrected chi connectivity index (χ3v) is 8.56. The number of anilines is 2. The minimum Gasteiger partial charge on any atom is -0.465 e. The molecule has 3 aromatic heterocycles. The zero-order chi connectivity index (χ0) is 27.9. The first-order chi connectivity index (χ1) is 18.5. The number of hydrogen-bond donors (Lipinski definition) is 2. The van der Waals surface area contributed by atoms with Gasteiger partial charge in [-0.15, -0.1) is 11.3 Å². The van der Waals surface area contributed by atoms with Crippen LogP contribution in [0.15, 0.2) is 53.3 Å². The largest absolute Gasteiger partial charge is 0.465 e. The molecule has 0 fully saturated rings. The van der Waals surface area contributed by atoms with Crippen molar-refractivity contribution in [3.05, 3.63) is 86.1 Å². The summed E-state index contributed by atoms with van der Waals surface area (Å²) in [6, 6.07) is 8.73. The number of hydrogen-bond acceptors (Lipinski definition) is 8. The van der Waals surface area contributed by atoms with Crippen LogP contribution in [0.1, 0.15) is 50.5 Å². The molecule has 1 atom stereocenters. The van der Waals surface area contributed by atoms with Gasteiger partial charge in [0.25, 0.3) is 0 Å². The Hall–Kier alpha value is -3.35. The SMILES string of the molecule is COC(=O)c1ccc2c(c1Br)CCC[C@]2(O)c1ncc(-c2cc(C)cc(Nc3cc(C(F)(F)F)ccn3)n2)s1. The molecule has 0 radical (unpaired) electrons. The Morgan fingerprint density at radius 3 is 2.72 bits per heavy atom. The molecule has 5 rings (SSSR count). The molecule has 0 amide bonds. The molecule has 1 aliphatic rings. The molecule has 202 valence electrons. The smallest absolute Gasteiger partial charge is 0.416 e. The van der Waals surface area contributed by atoms with Crippen molar-refractivity contribution in [3.63, 3.8) is 0 Å². The van der Waals surface area contributed by atoms with Crippen molar-refractivity contribution in [2.75, 3.05) is 12.4 Å². The van der Waals surface area contributed by atoms with E-state index in [0.717, 1.165) is 29.5 Å². The molecule has 4 aromatic rings. The third-order valence-electron chi connectivity index (χ3n) is 6.48. The number of rotatable bonds is 5. The fraction of sp³-hybridized carbons (Fsp3) is 0.259. The Bertz CT molecular complexity index is 1580. The number of aliphatic hydroxyl groups is 1.